The average Bonchev–Trinajstić information content (AvgIpc) is 3.57. The van der Waals surface area contributed by atoms with Gasteiger partial charge in [-0.25, -0.2) is 4.98 Å². The van der Waals surface area contributed by atoms with Crippen molar-refractivity contribution in [2.24, 2.45) is 0 Å². The molecule has 33 heavy (non-hydrogen) atoms. The predicted octanol–water partition coefficient (Wildman–Crippen LogP) is 5.85. The van der Waals surface area contributed by atoms with Crippen molar-refractivity contribution in [2.45, 2.75) is 43.1 Å². The number of nitrogens with one attached hydrogen (secondary N) is 2. The number of aromatic amines is 2. The van der Waals surface area contributed by atoms with Gasteiger partial charge in [0.15, 0.2) is 5.16 Å². The van der Waals surface area contributed by atoms with E-state index >= 15 is 0 Å². The van der Waals surface area contributed by atoms with Gasteiger partial charge in [-0.1, -0.05) is 53.7 Å². The van der Waals surface area contributed by atoms with E-state index < -0.39 is 0 Å². The molecule has 0 aliphatic rings. The van der Waals surface area contributed by atoms with E-state index in [1.807, 2.05) is 24.4 Å². The quantitative estimate of drug-likeness (QED) is 0.248. The van der Waals surface area contributed by atoms with Crippen LogP contribution in [0.25, 0.3) is 10.9 Å². The summed E-state index contributed by atoms with van der Waals surface area (Å²) in [7, 11) is 0. The van der Waals surface area contributed by atoms with Gasteiger partial charge in [0.2, 0.25) is 0 Å². The van der Waals surface area contributed by atoms with Crippen LogP contribution in [0.15, 0.2) is 72.4 Å². The molecule has 0 unspecified atom stereocenters. The van der Waals surface area contributed by atoms with Crippen molar-refractivity contribution in [3.63, 3.8) is 0 Å². The highest BCUT2D eigenvalue weighted by Crippen LogP contribution is 2.25. The van der Waals surface area contributed by atoms with E-state index in [1.165, 1.54) is 22.0 Å². The number of thioether (sulfide) groups is 1. The molecule has 0 spiro atoms. The first-order chi connectivity index (χ1) is 16.3. The second kappa shape index (κ2) is 10.3. The number of hydrogen-bond acceptors (Lipinski definition) is 4. The fourth-order valence-electron chi connectivity index (χ4n) is 4.04. The smallest absolute Gasteiger partial charge is 0.191 e. The molecule has 0 fully saturated rings. The monoisotopic (exact) mass is 476 g/mol. The van der Waals surface area contributed by atoms with Crippen LogP contribution in [-0.2, 0) is 31.6 Å². The molecular weight excluding hydrogens is 452 g/mol. The maximum absolute atomic E-state index is 6.16. The van der Waals surface area contributed by atoms with Crippen molar-refractivity contribution in [3.05, 3.63) is 94.9 Å². The summed E-state index contributed by atoms with van der Waals surface area (Å²) in [5.41, 5.74) is 4.74. The molecule has 3 aromatic heterocycles. The standard InChI is InChI=1S/C25H25ClN6S/c26-20-6-3-5-18(13-20)16-33-25-31-30-24(32(25)12-4-7-21-15-27-17-29-21)11-10-19-14-28-23-9-2-1-8-22(19)23/h1-3,5-6,8-9,13-15,17,28H,4,7,10-12,16H2,(H,27,29). The first-order valence-electron chi connectivity index (χ1n) is 11.1. The van der Waals surface area contributed by atoms with Crippen molar-refractivity contribution < 1.29 is 0 Å². The third-order valence-electron chi connectivity index (χ3n) is 5.71. The maximum Gasteiger partial charge on any atom is 0.191 e. The van der Waals surface area contributed by atoms with Crippen LogP contribution in [0.4, 0.5) is 0 Å². The fourth-order valence-corrected chi connectivity index (χ4v) is 5.18. The van der Waals surface area contributed by atoms with Gasteiger partial charge < -0.3 is 14.5 Å². The van der Waals surface area contributed by atoms with E-state index in [2.05, 4.69) is 66.2 Å². The van der Waals surface area contributed by atoms with Crippen molar-refractivity contribution in [3.8, 4) is 0 Å². The molecule has 0 saturated heterocycles. The van der Waals surface area contributed by atoms with Gasteiger partial charge in [-0.2, -0.15) is 0 Å². The first kappa shape index (κ1) is 21.8. The summed E-state index contributed by atoms with van der Waals surface area (Å²) in [6, 6.07) is 16.4. The van der Waals surface area contributed by atoms with Gasteiger partial charge >= 0.3 is 0 Å². The zero-order valence-electron chi connectivity index (χ0n) is 18.2. The molecule has 0 atom stereocenters. The van der Waals surface area contributed by atoms with Gasteiger partial charge in [-0.3, -0.25) is 0 Å². The number of para-hydroxylation sites is 1. The zero-order valence-corrected chi connectivity index (χ0v) is 19.7. The minimum atomic E-state index is 0.757. The lowest BCUT2D eigenvalue weighted by Crippen LogP contribution is -2.08. The van der Waals surface area contributed by atoms with Crippen LogP contribution in [0, 0.1) is 0 Å². The summed E-state index contributed by atoms with van der Waals surface area (Å²) in [6.07, 6.45) is 9.45. The Balaban J connectivity index is 1.31. The van der Waals surface area contributed by atoms with Crippen molar-refractivity contribution in [1.29, 1.82) is 0 Å². The molecule has 6 nitrogen and oxygen atoms in total. The topological polar surface area (TPSA) is 75.2 Å². The normalized spacial score (nSPS) is 11.4. The summed E-state index contributed by atoms with van der Waals surface area (Å²) >= 11 is 7.86. The van der Waals surface area contributed by atoms with Crippen LogP contribution in [0.3, 0.4) is 0 Å². The molecule has 2 aromatic carbocycles. The number of fused-ring (bicyclic) bond motifs is 1. The lowest BCUT2D eigenvalue weighted by Gasteiger charge is -2.10. The highest BCUT2D eigenvalue weighted by molar-refractivity contribution is 7.98. The molecule has 8 heteroatoms. The molecule has 5 aromatic rings. The molecule has 0 aliphatic carbocycles. The number of rotatable bonds is 10. The van der Waals surface area contributed by atoms with Crippen molar-refractivity contribution in [1.82, 2.24) is 29.7 Å². The van der Waals surface area contributed by atoms with Gasteiger partial charge in [-0.15, -0.1) is 10.2 Å². The highest BCUT2D eigenvalue weighted by atomic mass is 35.5. The van der Waals surface area contributed by atoms with Gasteiger partial charge in [0.25, 0.3) is 0 Å². The molecule has 2 N–H and O–H groups in total. The molecule has 0 bridgehead atoms. The number of hydrogen-bond donors (Lipinski definition) is 2. The Bertz CT molecular complexity index is 1320. The summed E-state index contributed by atoms with van der Waals surface area (Å²) in [6.45, 7) is 0.862. The second-order valence-corrected chi connectivity index (χ2v) is 9.37. The Labute approximate surface area is 201 Å². The first-order valence-corrected chi connectivity index (χ1v) is 12.4. The lowest BCUT2D eigenvalue weighted by atomic mass is 10.1. The molecule has 0 amide bonds. The Kier molecular flexibility index (Phi) is 6.79. The zero-order chi connectivity index (χ0) is 22.5. The lowest BCUT2D eigenvalue weighted by molar-refractivity contribution is 0.566. The van der Waals surface area contributed by atoms with E-state index in [4.69, 9.17) is 11.6 Å². The van der Waals surface area contributed by atoms with E-state index in [-0.39, 0.29) is 0 Å². The second-order valence-electron chi connectivity index (χ2n) is 7.99. The Morgan fingerprint density at radius 2 is 1.91 bits per heavy atom. The molecule has 0 radical (unpaired) electrons. The van der Waals surface area contributed by atoms with Crippen LogP contribution in [0.1, 0.15) is 29.1 Å². The van der Waals surface area contributed by atoms with Gasteiger partial charge in [0.1, 0.15) is 5.82 Å². The van der Waals surface area contributed by atoms with Crippen molar-refractivity contribution in [2.75, 3.05) is 0 Å². The number of aromatic nitrogens is 6. The fraction of sp³-hybridized carbons (Fsp3) is 0.240. The molecule has 0 aliphatic heterocycles. The summed E-state index contributed by atoms with van der Waals surface area (Å²) in [4.78, 5) is 10.7. The van der Waals surface area contributed by atoms with Crippen LogP contribution in [-0.4, -0.2) is 29.7 Å². The number of halogens is 1. The number of H-pyrrole nitrogens is 2. The Hall–Kier alpha value is -3.03. The summed E-state index contributed by atoms with van der Waals surface area (Å²) in [5, 5.41) is 12.1. The predicted molar refractivity (Wildman–Crippen MR) is 134 cm³/mol. The van der Waals surface area contributed by atoms with Gasteiger partial charge in [0, 0.05) is 47.0 Å². The van der Waals surface area contributed by atoms with E-state index in [1.54, 1.807) is 18.1 Å². The van der Waals surface area contributed by atoms with E-state index in [9.17, 15) is 0 Å². The minimum Gasteiger partial charge on any atom is -0.361 e. The van der Waals surface area contributed by atoms with Gasteiger partial charge in [-0.05, 0) is 48.6 Å². The molecule has 5 rings (SSSR count). The Morgan fingerprint density at radius 3 is 2.79 bits per heavy atom. The maximum atomic E-state index is 6.16. The largest absolute Gasteiger partial charge is 0.361 e. The molecular formula is C25H25ClN6S. The van der Waals surface area contributed by atoms with Gasteiger partial charge in [0.05, 0.1) is 12.0 Å². The SMILES string of the molecule is Clc1cccc(CSc2nnc(CCc3c[nH]c4ccccc34)n2CCCc2c[nH]cn2)c1. The number of imidazole rings is 1. The number of aryl methyl sites for hydroxylation is 3. The van der Waals surface area contributed by atoms with Crippen LogP contribution in [0.2, 0.25) is 5.02 Å². The van der Waals surface area contributed by atoms with E-state index in [0.29, 0.717) is 0 Å². The average molecular weight is 477 g/mol. The summed E-state index contributed by atoms with van der Waals surface area (Å²) < 4.78 is 2.27. The number of benzene rings is 2. The summed E-state index contributed by atoms with van der Waals surface area (Å²) in [5.74, 6) is 1.83. The van der Waals surface area contributed by atoms with E-state index in [0.717, 1.165) is 59.7 Å². The third kappa shape index (κ3) is 5.31. The highest BCUT2D eigenvalue weighted by Gasteiger charge is 2.14. The number of nitrogens with zero attached hydrogens (tertiary/aromatic N) is 4. The van der Waals surface area contributed by atoms with Crippen LogP contribution >= 0.6 is 23.4 Å². The third-order valence-corrected chi connectivity index (χ3v) is 6.99. The van der Waals surface area contributed by atoms with Crippen molar-refractivity contribution >= 4 is 34.3 Å². The Morgan fingerprint density at radius 1 is 0.970 bits per heavy atom. The molecule has 3 heterocycles. The van der Waals surface area contributed by atoms with Crippen LogP contribution < -0.4 is 0 Å². The van der Waals surface area contributed by atoms with Crippen LogP contribution in [0.5, 0.6) is 0 Å². The molecule has 168 valence electrons. The molecule has 0 saturated carbocycles. The minimum absolute atomic E-state index is 0.757.